The minimum absolute atomic E-state index is 0.0600. The standard InChI is InChI=1S/C19H18ClN3O/c1-13-3-4-14(2)15(9-13)10-19(24)22-16-5-6-18(17(20)11-16)23-8-7-21-12-23/h3-9,11-12H,10H2,1-2H3,(H,22,24). The van der Waals surface area contributed by atoms with E-state index in [-0.39, 0.29) is 5.91 Å². The fourth-order valence-corrected chi connectivity index (χ4v) is 2.84. The lowest BCUT2D eigenvalue weighted by atomic mass is 10.0. The SMILES string of the molecule is Cc1ccc(C)c(CC(=O)Nc2ccc(-n3ccnc3)c(Cl)c2)c1. The number of halogens is 1. The predicted octanol–water partition coefficient (Wildman–Crippen LogP) is 4.32. The van der Waals surface area contributed by atoms with Crippen molar-refractivity contribution in [2.75, 3.05) is 5.32 Å². The highest BCUT2D eigenvalue weighted by atomic mass is 35.5. The van der Waals surface area contributed by atoms with Crippen LogP contribution in [-0.2, 0) is 11.2 Å². The second-order valence-corrected chi connectivity index (χ2v) is 6.20. The van der Waals surface area contributed by atoms with Gasteiger partial charge in [0.05, 0.1) is 23.5 Å². The summed E-state index contributed by atoms with van der Waals surface area (Å²) in [6, 6.07) is 11.6. The van der Waals surface area contributed by atoms with Crippen molar-refractivity contribution >= 4 is 23.2 Å². The molecule has 1 heterocycles. The molecule has 2 aromatic carbocycles. The van der Waals surface area contributed by atoms with Gasteiger partial charge in [-0.2, -0.15) is 0 Å². The monoisotopic (exact) mass is 339 g/mol. The van der Waals surface area contributed by atoms with E-state index >= 15 is 0 Å². The van der Waals surface area contributed by atoms with Gasteiger partial charge >= 0.3 is 0 Å². The molecule has 1 amide bonds. The van der Waals surface area contributed by atoms with E-state index in [9.17, 15) is 4.79 Å². The van der Waals surface area contributed by atoms with Crippen LogP contribution in [0.25, 0.3) is 5.69 Å². The fraction of sp³-hybridized carbons (Fsp3) is 0.158. The first-order valence-electron chi connectivity index (χ1n) is 7.67. The van der Waals surface area contributed by atoms with Crippen molar-refractivity contribution < 1.29 is 4.79 Å². The smallest absolute Gasteiger partial charge is 0.228 e. The van der Waals surface area contributed by atoms with Crippen molar-refractivity contribution in [1.82, 2.24) is 9.55 Å². The maximum Gasteiger partial charge on any atom is 0.228 e. The zero-order valence-electron chi connectivity index (χ0n) is 13.6. The van der Waals surface area contributed by atoms with Crippen molar-refractivity contribution in [3.8, 4) is 5.69 Å². The van der Waals surface area contributed by atoms with Gasteiger partial charge in [-0.15, -0.1) is 0 Å². The van der Waals surface area contributed by atoms with Crippen LogP contribution in [0, 0.1) is 13.8 Å². The molecule has 0 saturated heterocycles. The second-order valence-electron chi connectivity index (χ2n) is 5.79. The molecule has 1 aromatic heterocycles. The number of rotatable bonds is 4. The third kappa shape index (κ3) is 3.66. The Kier molecular flexibility index (Phi) is 4.67. The lowest BCUT2D eigenvalue weighted by molar-refractivity contribution is -0.115. The zero-order valence-corrected chi connectivity index (χ0v) is 14.3. The van der Waals surface area contributed by atoms with Gasteiger partial charge in [0.1, 0.15) is 0 Å². The van der Waals surface area contributed by atoms with Crippen LogP contribution >= 0.6 is 11.6 Å². The van der Waals surface area contributed by atoms with Crippen LogP contribution in [0.4, 0.5) is 5.69 Å². The van der Waals surface area contributed by atoms with Gasteiger partial charge in [-0.3, -0.25) is 4.79 Å². The van der Waals surface area contributed by atoms with E-state index in [1.807, 2.05) is 54.9 Å². The molecule has 0 aliphatic heterocycles. The first-order valence-corrected chi connectivity index (χ1v) is 8.04. The summed E-state index contributed by atoms with van der Waals surface area (Å²) in [6.45, 7) is 4.04. The summed E-state index contributed by atoms with van der Waals surface area (Å²) in [5, 5.41) is 3.46. The van der Waals surface area contributed by atoms with Crippen molar-refractivity contribution in [3.63, 3.8) is 0 Å². The van der Waals surface area contributed by atoms with Crippen LogP contribution in [0.2, 0.25) is 5.02 Å². The molecule has 0 saturated carbocycles. The Morgan fingerprint density at radius 3 is 2.75 bits per heavy atom. The summed E-state index contributed by atoms with van der Waals surface area (Å²) in [5.41, 5.74) is 4.80. The Morgan fingerprint density at radius 1 is 1.21 bits per heavy atom. The third-order valence-electron chi connectivity index (χ3n) is 3.87. The van der Waals surface area contributed by atoms with E-state index in [1.54, 1.807) is 18.6 Å². The number of aryl methyl sites for hydroxylation is 2. The van der Waals surface area contributed by atoms with Crippen LogP contribution in [0.5, 0.6) is 0 Å². The minimum Gasteiger partial charge on any atom is -0.326 e. The van der Waals surface area contributed by atoms with E-state index in [2.05, 4.69) is 10.3 Å². The van der Waals surface area contributed by atoms with Crippen molar-refractivity contribution in [3.05, 3.63) is 76.8 Å². The number of anilines is 1. The quantitative estimate of drug-likeness (QED) is 0.769. The molecule has 0 spiro atoms. The van der Waals surface area contributed by atoms with Crippen LogP contribution in [-0.4, -0.2) is 15.5 Å². The van der Waals surface area contributed by atoms with E-state index in [0.29, 0.717) is 17.1 Å². The summed E-state index contributed by atoms with van der Waals surface area (Å²) in [5.74, 6) is -0.0600. The number of hydrogen-bond acceptors (Lipinski definition) is 2. The zero-order chi connectivity index (χ0) is 17.1. The van der Waals surface area contributed by atoms with Crippen molar-refractivity contribution in [1.29, 1.82) is 0 Å². The number of nitrogens with one attached hydrogen (secondary N) is 1. The topological polar surface area (TPSA) is 46.9 Å². The van der Waals surface area contributed by atoms with Gasteiger partial charge < -0.3 is 9.88 Å². The minimum atomic E-state index is -0.0600. The Morgan fingerprint density at radius 2 is 2.04 bits per heavy atom. The summed E-state index contributed by atoms with van der Waals surface area (Å²) >= 11 is 6.31. The highest BCUT2D eigenvalue weighted by Crippen LogP contribution is 2.24. The predicted molar refractivity (Wildman–Crippen MR) is 96.8 cm³/mol. The molecule has 3 aromatic rings. The molecule has 0 bridgehead atoms. The van der Waals surface area contributed by atoms with Crippen LogP contribution in [0.15, 0.2) is 55.1 Å². The van der Waals surface area contributed by atoms with E-state index in [4.69, 9.17) is 11.6 Å². The Bertz CT molecular complexity index is 872. The average molecular weight is 340 g/mol. The van der Waals surface area contributed by atoms with Gasteiger partial charge in [0.25, 0.3) is 0 Å². The molecule has 122 valence electrons. The molecule has 0 fully saturated rings. The number of aromatic nitrogens is 2. The first kappa shape index (κ1) is 16.3. The molecule has 5 heteroatoms. The van der Waals surface area contributed by atoms with Crippen molar-refractivity contribution in [2.45, 2.75) is 20.3 Å². The molecule has 24 heavy (non-hydrogen) atoms. The van der Waals surface area contributed by atoms with E-state index in [1.165, 1.54) is 0 Å². The molecule has 0 atom stereocenters. The Hall–Kier alpha value is -2.59. The van der Waals surface area contributed by atoms with E-state index < -0.39 is 0 Å². The fourth-order valence-electron chi connectivity index (χ4n) is 2.56. The number of nitrogens with zero attached hydrogens (tertiary/aromatic N) is 2. The maximum atomic E-state index is 12.3. The van der Waals surface area contributed by atoms with Crippen molar-refractivity contribution in [2.24, 2.45) is 0 Å². The molecule has 3 rings (SSSR count). The Balaban J connectivity index is 1.73. The lowest BCUT2D eigenvalue weighted by Gasteiger charge is -2.10. The molecular formula is C19H18ClN3O. The summed E-state index contributed by atoms with van der Waals surface area (Å²) in [7, 11) is 0. The number of imidazole rings is 1. The van der Waals surface area contributed by atoms with Gasteiger partial charge in [-0.25, -0.2) is 4.98 Å². The molecule has 0 radical (unpaired) electrons. The second kappa shape index (κ2) is 6.89. The number of carbonyl (C=O) groups excluding carboxylic acids is 1. The lowest BCUT2D eigenvalue weighted by Crippen LogP contribution is -2.15. The molecule has 1 N–H and O–H groups in total. The number of carbonyl (C=O) groups is 1. The highest BCUT2D eigenvalue weighted by Gasteiger charge is 2.09. The molecule has 0 unspecified atom stereocenters. The van der Waals surface area contributed by atoms with Crippen LogP contribution in [0.3, 0.4) is 0 Å². The number of amides is 1. The average Bonchev–Trinajstić information content (AvgIpc) is 3.05. The summed E-state index contributed by atoms with van der Waals surface area (Å²) < 4.78 is 1.82. The van der Waals surface area contributed by atoms with Gasteiger partial charge in [0.2, 0.25) is 5.91 Å². The van der Waals surface area contributed by atoms with E-state index in [0.717, 1.165) is 22.4 Å². The molecule has 0 aliphatic rings. The first-order chi connectivity index (χ1) is 11.5. The summed E-state index contributed by atoms with van der Waals surface area (Å²) in [4.78, 5) is 16.3. The van der Waals surface area contributed by atoms with Gasteiger partial charge in [0, 0.05) is 18.1 Å². The van der Waals surface area contributed by atoms with Gasteiger partial charge in [-0.1, -0.05) is 35.4 Å². The molecule has 4 nitrogen and oxygen atoms in total. The Labute approximate surface area is 146 Å². The molecule has 0 aliphatic carbocycles. The van der Waals surface area contributed by atoms with Crippen LogP contribution in [0.1, 0.15) is 16.7 Å². The van der Waals surface area contributed by atoms with Gasteiger partial charge in [0.15, 0.2) is 0 Å². The normalized spacial score (nSPS) is 10.6. The largest absolute Gasteiger partial charge is 0.326 e. The van der Waals surface area contributed by atoms with Gasteiger partial charge in [-0.05, 0) is 43.2 Å². The maximum absolute atomic E-state index is 12.3. The molecular weight excluding hydrogens is 322 g/mol. The van der Waals surface area contributed by atoms with Crippen LogP contribution < -0.4 is 5.32 Å². The summed E-state index contributed by atoms with van der Waals surface area (Å²) in [6.07, 6.45) is 5.53. The third-order valence-corrected chi connectivity index (χ3v) is 4.17. The number of benzene rings is 2. The number of hydrogen-bond donors (Lipinski definition) is 1. The highest BCUT2D eigenvalue weighted by molar-refractivity contribution is 6.32.